The van der Waals surface area contributed by atoms with Gasteiger partial charge in [-0.05, 0) is 72.8 Å². The monoisotopic (exact) mass is 909 g/mol. The second-order valence-corrected chi connectivity index (χ2v) is 19.2. The van der Waals surface area contributed by atoms with E-state index in [-0.39, 0.29) is 0 Å². The Morgan fingerprint density at radius 1 is 0.271 bits per heavy atom. The lowest BCUT2D eigenvalue weighted by atomic mass is 10.0. The quantitative estimate of drug-likeness (QED) is 0.167. The van der Waals surface area contributed by atoms with Gasteiger partial charge < -0.3 is 13.7 Å². The molecule has 0 radical (unpaired) electrons. The fourth-order valence-electron chi connectivity index (χ4n) is 11.2. The maximum atomic E-state index is 5.55. The van der Waals surface area contributed by atoms with Crippen molar-refractivity contribution in [2.75, 3.05) is 0 Å². The highest BCUT2D eigenvalue weighted by molar-refractivity contribution is 7.25. The minimum atomic E-state index is 0.673. The van der Waals surface area contributed by atoms with Crippen LogP contribution in [-0.4, -0.2) is 23.7 Å². The van der Waals surface area contributed by atoms with E-state index in [1.807, 2.05) is 17.4 Å². The van der Waals surface area contributed by atoms with Crippen LogP contribution in [0.2, 0.25) is 0 Å². The fraction of sp³-hybridized carbons (Fsp3) is 0. The summed E-state index contributed by atoms with van der Waals surface area (Å²) in [4.78, 5) is 10.9. The summed E-state index contributed by atoms with van der Waals surface area (Å²) in [5, 5.41) is 9.68. The third-order valence-corrected chi connectivity index (χ3v) is 15.4. The molecule has 0 atom stereocenters. The average Bonchev–Trinajstić information content (AvgIpc) is 4.17. The van der Waals surface area contributed by atoms with E-state index in [4.69, 9.17) is 9.97 Å². The van der Waals surface area contributed by atoms with Gasteiger partial charge in [-0.1, -0.05) is 164 Å². The van der Waals surface area contributed by atoms with Crippen molar-refractivity contribution in [1.82, 2.24) is 23.7 Å². The van der Waals surface area contributed by atoms with Crippen molar-refractivity contribution in [1.29, 1.82) is 0 Å². The normalized spacial score (nSPS) is 12.0. The summed E-state index contributed by atoms with van der Waals surface area (Å²) in [5.74, 6) is 0.673. The first-order chi connectivity index (χ1) is 34.7. The van der Waals surface area contributed by atoms with Crippen LogP contribution in [0.5, 0.6) is 0 Å². The molecule has 0 unspecified atom stereocenters. The molecule has 10 aromatic carbocycles. The number of hydrogen-bond acceptors (Lipinski definition) is 3. The summed E-state index contributed by atoms with van der Waals surface area (Å²) < 4.78 is 10.0. The van der Waals surface area contributed by atoms with E-state index in [1.165, 1.54) is 52.5 Å². The molecule has 5 nitrogen and oxygen atoms in total. The van der Waals surface area contributed by atoms with Gasteiger partial charge in [0.15, 0.2) is 5.82 Å². The molecule has 0 fully saturated rings. The largest absolute Gasteiger partial charge is 0.307 e. The van der Waals surface area contributed by atoms with E-state index in [0.29, 0.717) is 5.82 Å². The molecule has 5 heterocycles. The van der Waals surface area contributed by atoms with Gasteiger partial charge >= 0.3 is 0 Å². The van der Waals surface area contributed by atoms with E-state index in [1.54, 1.807) is 0 Å². The summed E-state index contributed by atoms with van der Waals surface area (Å²) in [6, 6.07) is 85.8. The van der Waals surface area contributed by atoms with Crippen molar-refractivity contribution in [2.45, 2.75) is 0 Å². The number of benzene rings is 10. The zero-order valence-corrected chi connectivity index (χ0v) is 38.5. The predicted molar refractivity (Wildman–Crippen MR) is 294 cm³/mol. The van der Waals surface area contributed by atoms with Crippen LogP contribution >= 0.6 is 11.3 Å². The van der Waals surface area contributed by atoms with Crippen LogP contribution in [-0.2, 0) is 0 Å². The standard InChI is InChI=1S/C64H39N5S/c1-2-18-40(19-3-1)64-65-51(41-34-35-62-50(36-41)49-26-10-17-33-61(49)70-62)39-52(66-64)42-37-59(67-53-27-11-4-20-43(53)44-21-5-12-28-54(44)67)63(69-57-31-15-8-24-47(57)48-25-9-16-32-58(48)69)60(38-42)68-55-29-13-6-22-45(55)46-23-7-14-30-56(46)68/h1-39H. The second-order valence-electron chi connectivity index (χ2n) is 18.1. The first-order valence-electron chi connectivity index (χ1n) is 23.7. The Bertz CT molecular complexity index is 4310. The van der Waals surface area contributed by atoms with Gasteiger partial charge in [0.05, 0.1) is 61.6 Å². The molecule has 326 valence electrons. The molecule has 0 spiro atoms. The first-order valence-corrected chi connectivity index (χ1v) is 24.6. The van der Waals surface area contributed by atoms with Gasteiger partial charge in [-0.2, -0.15) is 0 Å². The number of aromatic nitrogens is 5. The number of rotatable bonds is 6. The topological polar surface area (TPSA) is 40.6 Å². The van der Waals surface area contributed by atoms with E-state index in [0.717, 1.165) is 78.2 Å². The van der Waals surface area contributed by atoms with Crippen molar-refractivity contribution in [3.8, 4) is 51.0 Å². The third-order valence-electron chi connectivity index (χ3n) is 14.2. The summed E-state index contributed by atoms with van der Waals surface area (Å²) in [7, 11) is 0. The van der Waals surface area contributed by atoms with Gasteiger partial charge in [-0.3, -0.25) is 0 Å². The summed E-state index contributed by atoms with van der Waals surface area (Å²) >= 11 is 1.83. The maximum Gasteiger partial charge on any atom is 0.160 e. The summed E-state index contributed by atoms with van der Waals surface area (Å²) in [6.45, 7) is 0. The van der Waals surface area contributed by atoms with Gasteiger partial charge in [0.2, 0.25) is 0 Å². The lowest BCUT2D eigenvalue weighted by molar-refractivity contribution is 1.05. The number of hydrogen-bond donors (Lipinski definition) is 0. The SMILES string of the molecule is c1ccc(-c2nc(-c3cc(-n4c5ccccc5c5ccccc54)c(-n4c5ccccc5c5ccccc54)c(-n4c5ccccc5c5ccccc54)c3)cc(-c3ccc4sc5ccccc5c4c3)n2)cc1. The van der Waals surface area contributed by atoms with Gasteiger partial charge in [0.1, 0.15) is 0 Å². The highest BCUT2D eigenvalue weighted by Crippen LogP contribution is 2.45. The fourth-order valence-corrected chi connectivity index (χ4v) is 12.3. The van der Waals surface area contributed by atoms with Crippen LogP contribution in [0, 0.1) is 0 Å². The molecule has 0 aliphatic heterocycles. The van der Waals surface area contributed by atoms with Gasteiger partial charge in [0, 0.05) is 69.2 Å². The third kappa shape index (κ3) is 5.78. The Balaban J connectivity index is 1.13. The summed E-state index contributed by atoms with van der Waals surface area (Å²) in [6.07, 6.45) is 0. The zero-order chi connectivity index (χ0) is 45.9. The van der Waals surface area contributed by atoms with Gasteiger partial charge in [-0.15, -0.1) is 11.3 Å². The van der Waals surface area contributed by atoms with Crippen LogP contribution in [0.3, 0.4) is 0 Å². The molecule has 0 N–H and O–H groups in total. The van der Waals surface area contributed by atoms with Crippen LogP contribution < -0.4 is 0 Å². The molecule has 0 bridgehead atoms. The van der Waals surface area contributed by atoms with Crippen molar-refractivity contribution >= 4 is 96.9 Å². The van der Waals surface area contributed by atoms with Crippen LogP contribution in [0.1, 0.15) is 0 Å². The Morgan fingerprint density at radius 3 is 1.14 bits per heavy atom. The molecule has 15 aromatic rings. The molecule has 0 aliphatic rings. The minimum absolute atomic E-state index is 0.673. The molecule has 0 saturated heterocycles. The molecule has 15 rings (SSSR count). The number of thiophene rings is 1. The maximum absolute atomic E-state index is 5.55. The summed E-state index contributed by atoms with van der Waals surface area (Å²) in [5.41, 5.74) is 14.6. The van der Waals surface area contributed by atoms with Crippen LogP contribution in [0.15, 0.2) is 237 Å². The van der Waals surface area contributed by atoms with E-state index in [2.05, 4.69) is 244 Å². The molecule has 5 aromatic heterocycles. The van der Waals surface area contributed by atoms with Crippen molar-refractivity contribution in [2.24, 2.45) is 0 Å². The van der Waals surface area contributed by atoms with Crippen LogP contribution in [0.25, 0.3) is 137 Å². The lowest BCUT2D eigenvalue weighted by Crippen LogP contribution is -2.10. The Hall–Kier alpha value is -9.10. The number of fused-ring (bicyclic) bond motifs is 12. The molecule has 0 saturated carbocycles. The highest BCUT2D eigenvalue weighted by Gasteiger charge is 2.27. The van der Waals surface area contributed by atoms with E-state index in [9.17, 15) is 0 Å². The minimum Gasteiger partial charge on any atom is -0.307 e. The second kappa shape index (κ2) is 15.2. The van der Waals surface area contributed by atoms with Crippen molar-refractivity contribution in [3.05, 3.63) is 237 Å². The van der Waals surface area contributed by atoms with Gasteiger partial charge in [-0.25, -0.2) is 9.97 Å². The molecular formula is C64H39N5S. The van der Waals surface area contributed by atoms with Gasteiger partial charge in [0.25, 0.3) is 0 Å². The van der Waals surface area contributed by atoms with E-state index >= 15 is 0 Å². The molecular weight excluding hydrogens is 871 g/mol. The molecule has 0 amide bonds. The predicted octanol–water partition coefficient (Wildman–Crippen LogP) is 17.1. The number of para-hydroxylation sites is 6. The average molecular weight is 910 g/mol. The smallest absolute Gasteiger partial charge is 0.160 e. The first kappa shape index (κ1) is 38.9. The molecule has 0 aliphatic carbocycles. The van der Waals surface area contributed by atoms with Crippen LogP contribution in [0.4, 0.5) is 0 Å². The lowest BCUT2D eigenvalue weighted by Gasteiger charge is -2.23. The Labute approximate surface area is 406 Å². The Morgan fingerprint density at radius 2 is 0.657 bits per heavy atom. The van der Waals surface area contributed by atoms with E-state index < -0.39 is 0 Å². The van der Waals surface area contributed by atoms with Crippen molar-refractivity contribution in [3.63, 3.8) is 0 Å². The highest BCUT2D eigenvalue weighted by atomic mass is 32.1. The zero-order valence-electron chi connectivity index (χ0n) is 37.7. The molecule has 6 heteroatoms. The van der Waals surface area contributed by atoms with Crippen molar-refractivity contribution < 1.29 is 0 Å². The molecule has 70 heavy (non-hydrogen) atoms. The Kier molecular flexibility index (Phi) is 8.46. The number of nitrogens with zero attached hydrogens (tertiary/aromatic N) is 5.